The molecule has 1 aromatic heterocycles. The van der Waals surface area contributed by atoms with Gasteiger partial charge in [0.25, 0.3) is 5.91 Å². The van der Waals surface area contributed by atoms with Gasteiger partial charge in [0.05, 0.1) is 0 Å². The molecule has 0 radical (unpaired) electrons. The lowest BCUT2D eigenvalue weighted by molar-refractivity contribution is 0.0945. The van der Waals surface area contributed by atoms with Crippen LogP contribution in [0.25, 0.3) is 0 Å². The van der Waals surface area contributed by atoms with Gasteiger partial charge in [-0.3, -0.25) is 4.79 Å². The number of nitrogens with one attached hydrogen (secondary N) is 2. The summed E-state index contributed by atoms with van der Waals surface area (Å²) in [6.07, 6.45) is 0. The molecule has 3 aromatic rings. The van der Waals surface area contributed by atoms with E-state index in [4.69, 9.17) is 23.2 Å². The minimum Gasteiger partial charge on any atom is -0.347 e. The summed E-state index contributed by atoms with van der Waals surface area (Å²) in [5.41, 5.74) is 2.07. The summed E-state index contributed by atoms with van der Waals surface area (Å²) in [5.74, 6) is 0.765. The van der Waals surface area contributed by atoms with Crippen molar-refractivity contribution in [1.82, 2.24) is 15.3 Å². The average Bonchev–Trinajstić information content (AvgIpc) is 2.62. The number of benzene rings is 2. The van der Waals surface area contributed by atoms with Gasteiger partial charge in [0.15, 0.2) is 0 Å². The summed E-state index contributed by atoms with van der Waals surface area (Å²) >= 11 is 11.7. The molecule has 26 heavy (non-hydrogen) atoms. The van der Waals surface area contributed by atoms with E-state index in [2.05, 4.69) is 20.6 Å². The van der Waals surface area contributed by atoms with E-state index >= 15 is 0 Å². The minimum absolute atomic E-state index is 0.274. The van der Waals surface area contributed by atoms with Crippen LogP contribution in [-0.2, 0) is 6.54 Å². The third-order valence-electron chi connectivity index (χ3n) is 3.55. The molecule has 1 heterocycles. The Hall–Kier alpha value is -2.63. The molecular weight excluding hydrogens is 371 g/mol. The standard InChI is InChI=1S/C19H16Cl2N4O/c1-12-23-17(19(26)22-11-13-2-4-14(20)5-3-13)10-18(24-12)25-16-8-6-15(21)7-9-16/h2-10H,11H2,1H3,(H,22,26)(H,23,24,25). The number of halogens is 2. The van der Waals surface area contributed by atoms with Gasteiger partial charge in [0, 0.05) is 28.3 Å². The van der Waals surface area contributed by atoms with Crippen LogP contribution in [0, 0.1) is 6.92 Å². The maximum atomic E-state index is 12.4. The first-order valence-corrected chi connectivity index (χ1v) is 8.66. The zero-order valence-corrected chi connectivity index (χ0v) is 15.5. The lowest BCUT2D eigenvalue weighted by atomic mass is 10.2. The Morgan fingerprint density at radius 2 is 1.58 bits per heavy atom. The van der Waals surface area contributed by atoms with E-state index in [9.17, 15) is 4.79 Å². The van der Waals surface area contributed by atoms with Crippen LogP contribution in [0.5, 0.6) is 0 Å². The predicted molar refractivity (Wildman–Crippen MR) is 104 cm³/mol. The Labute approximate surface area is 161 Å². The largest absolute Gasteiger partial charge is 0.347 e. The minimum atomic E-state index is -0.274. The second-order valence-electron chi connectivity index (χ2n) is 5.63. The molecule has 0 spiro atoms. The van der Waals surface area contributed by atoms with Crippen LogP contribution < -0.4 is 10.6 Å². The summed E-state index contributed by atoms with van der Waals surface area (Å²) in [4.78, 5) is 20.9. The van der Waals surface area contributed by atoms with Crippen molar-refractivity contribution in [3.8, 4) is 0 Å². The molecular formula is C19H16Cl2N4O. The van der Waals surface area contributed by atoms with Gasteiger partial charge in [-0.25, -0.2) is 9.97 Å². The molecule has 0 aliphatic heterocycles. The number of aromatic nitrogens is 2. The van der Waals surface area contributed by atoms with Gasteiger partial charge in [0.2, 0.25) is 0 Å². The molecule has 2 N–H and O–H groups in total. The first-order chi connectivity index (χ1) is 12.5. The van der Waals surface area contributed by atoms with Crippen LogP contribution >= 0.6 is 23.2 Å². The molecule has 0 aliphatic carbocycles. The number of anilines is 2. The lowest BCUT2D eigenvalue weighted by Crippen LogP contribution is -2.24. The second-order valence-corrected chi connectivity index (χ2v) is 6.50. The third-order valence-corrected chi connectivity index (χ3v) is 4.06. The fraction of sp³-hybridized carbons (Fsp3) is 0.105. The third kappa shape index (κ3) is 4.94. The number of hydrogen-bond donors (Lipinski definition) is 2. The molecule has 0 bridgehead atoms. The number of nitrogens with zero attached hydrogens (tertiary/aromatic N) is 2. The van der Waals surface area contributed by atoms with Gasteiger partial charge in [-0.15, -0.1) is 0 Å². The summed E-state index contributed by atoms with van der Waals surface area (Å²) in [6, 6.07) is 16.1. The Kier molecular flexibility index (Phi) is 5.71. The van der Waals surface area contributed by atoms with Crippen LogP contribution in [0.1, 0.15) is 21.9 Å². The molecule has 0 atom stereocenters. The smallest absolute Gasteiger partial charge is 0.270 e. The summed E-state index contributed by atoms with van der Waals surface area (Å²) in [7, 11) is 0. The summed E-state index contributed by atoms with van der Waals surface area (Å²) < 4.78 is 0. The van der Waals surface area contributed by atoms with Gasteiger partial charge in [-0.1, -0.05) is 35.3 Å². The summed E-state index contributed by atoms with van der Waals surface area (Å²) in [6.45, 7) is 2.13. The maximum absolute atomic E-state index is 12.4. The zero-order chi connectivity index (χ0) is 18.5. The number of carbonyl (C=O) groups is 1. The van der Waals surface area contributed by atoms with E-state index in [-0.39, 0.29) is 5.91 Å². The van der Waals surface area contributed by atoms with Gasteiger partial charge < -0.3 is 10.6 Å². The van der Waals surface area contributed by atoms with Gasteiger partial charge >= 0.3 is 0 Å². The molecule has 2 aromatic carbocycles. The van der Waals surface area contributed by atoms with Gasteiger partial charge in [0.1, 0.15) is 17.3 Å². The van der Waals surface area contributed by atoms with E-state index < -0.39 is 0 Å². The summed E-state index contributed by atoms with van der Waals surface area (Å²) in [5, 5.41) is 7.29. The monoisotopic (exact) mass is 386 g/mol. The SMILES string of the molecule is Cc1nc(Nc2ccc(Cl)cc2)cc(C(=O)NCc2ccc(Cl)cc2)n1. The number of rotatable bonds is 5. The van der Waals surface area contributed by atoms with Crippen molar-refractivity contribution < 1.29 is 4.79 Å². The molecule has 0 aliphatic rings. The molecule has 132 valence electrons. The first-order valence-electron chi connectivity index (χ1n) is 7.90. The van der Waals surface area contributed by atoms with Crippen molar-refractivity contribution >= 4 is 40.6 Å². The Morgan fingerprint density at radius 3 is 2.23 bits per heavy atom. The van der Waals surface area contributed by atoms with E-state index in [1.54, 1.807) is 37.3 Å². The van der Waals surface area contributed by atoms with Crippen molar-refractivity contribution in [2.75, 3.05) is 5.32 Å². The van der Waals surface area contributed by atoms with Gasteiger partial charge in [-0.2, -0.15) is 0 Å². The predicted octanol–water partition coefficient (Wildman–Crippen LogP) is 4.77. The molecule has 7 heteroatoms. The topological polar surface area (TPSA) is 66.9 Å². The fourth-order valence-corrected chi connectivity index (χ4v) is 2.56. The highest BCUT2D eigenvalue weighted by atomic mass is 35.5. The van der Waals surface area contributed by atoms with Crippen molar-refractivity contribution in [2.24, 2.45) is 0 Å². The fourth-order valence-electron chi connectivity index (χ4n) is 2.30. The Balaban J connectivity index is 1.70. The van der Waals surface area contributed by atoms with Crippen LogP contribution in [0.3, 0.4) is 0 Å². The average molecular weight is 387 g/mol. The second kappa shape index (κ2) is 8.17. The molecule has 1 amide bonds. The van der Waals surface area contributed by atoms with Crippen molar-refractivity contribution in [1.29, 1.82) is 0 Å². The van der Waals surface area contributed by atoms with Crippen molar-refractivity contribution in [2.45, 2.75) is 13.5 Å². The van der Waals surface area contributed by atoms with E-state index in [0.29, 0.717) is 33.9 Å². The maximum Gasteiger partial charge on any atom is 0.270 e. The van der Waals surface area contributed by atoms with Gasteiger partial charge in [-0.05, 0) is 48.9 Å². The number of hydrogen-bond acceptors (Lipinski definition) is 4. The van der Waals surface area contributed by atoms with E-state index in [0.717, 1.165) is 11.3 Å². The molecule has 0 fully saturated rings. The van der Waals surface area contributed by atoms with Crippen molar-refractivity contribution in [3.63, 3.8) is 0 Å². The lowest BCUT2D eigenvalue weighted by Gasteiger charge is -2.09. The molecule has 0 saturated carbocycles. The highest BCUT2D eigenvalue weighted by molar-refractivity contribution is 6.30. The molecule has 5 nitrogen and oxygen atoms in total. The van der Waals surface area contributed by atoms with Crippen LogP contribution in [0.2, 0.25) is 10.0 Å². The van der Waals surface area contributed by atoms with Crippen LogP contribution in [0.4, 0.5) is 11.5 Å². The number of carbonyl (C=O) groups excluding carboxylic acids is 1. The number of amides is 1. The quantitative estimate of drug-likeness (QED) is 0.662. The zero-order valence-electron chi connectivity index (χ0n) is 14.0. The molecule has 0 saturated heterocycles. The normalized spacial score (nSPS) is 10.4. The molecule has 0 unspecified atom stereocenters. The van der Waals surface area contributed by atoms with E-state index in [1.807, 2.05) is 24.3 Å². The first kappa shape index (κ1) is 18.2. The van der Waals surface area contributed by atoms with Crippen molar-refractivity contribution in [3.05, 3.63) is 81.7 Å². The highest BCUT2D eigenvalue weighted by Crippen LogP contribution is 2.18. The molecule has 3 rings (SSSR count). The number of aryl methyl sites for hydroxylation is 1. The Bertz CT molecular complexity index is 912. The van der Waals surface area contributed by atoms with E-state index in [1.165, 1.54) is 0 Å². The van der Waals surface area contributed by atoms with Crippen LogP contribution in [0.15, 0.2) is 54.6 Å². The van der Waals surface area contributed by atoms with Crippen LogP contribution in [-0.4, -0.2) is 15.9 Å². The highest BCUT2D eigenvalue weighted by Gasteiger charge is 2.11. The Morgan fingerprint density at radius 1 is 0.962 bits per heavy atom.